The molecule has 0 atom stereocenters. The first-order valence-corrected chi connectivity index (χ1v) is 6.61. The zero-order chi connectivity index (χ0) is 13.3. The fourth-order valence-corrected chi connectivity index (χ4v) is 1.80. The van der Waals surface area contributed by atoms with E-state index in [1.54, 1.807) is 6.20 Å². The molecule has 0 spiro atoms. The molecule has 100 valence electrons. The molecule has 3 heteroatoms. The fraction of sp³-hybridized carbons (Fsp3) is 0.312. The molecule has 19 heavy (non-hydrogen) atoms. The third kappa shape index (κ3) is 4.72. The van der Waals surface area contributed by atoms with Crippen LogP contribution in [-0.4, -0.2) is 16.7 Å². The van der Waals surface area contributed by atoms with Gasteiger partial charge in [-0.05, 0) is 37.0 Å². The summed E-state index contributed by atoms with van der Waals surface area (Å²) in [6.07, 6.45) is 4.46. The minimum absolute atomic E-state index is 0.248. The van der Waals surface area contributed by atoms with E-state index in [9.17, 15) is 0 Å². The van der Waals surface area contributed by atoms with Crippen LogP contribution < -0.4 is 4.74 Å². The molecule has 0 saturated carbocycles. The molecule has 2 rings (SSSR count). The first kappa shape index (κ1) is 13.6. The topological polar surface area (TPSA) is 42.4 Å². The van der Waals surface area contributed by atoms with Gasteiger partial charge in [0.05, 0.1) is 6.20 Å². The van der Waals surface area contributed by atoms with Crippen LogP contribution in [0, 0.1) is 0 Å². The molecule has 1 aromatic carbocycles. The van der Waals surface area contributed by atoms with E-state index in [-0.39, 0.29) is 6.61 Å². The molecule has 2 aromatic rings. The normalized spacial score (nSPS) is 10.4. The van der Waals surface area contributed by atoms with Gasteiger partial charge in [0.25, 0.3) is 0 Å². The zero-order valence-electron chi connectivity index (χ0n) is 11.0. The first-order valence-electron chi connectivity index (χ1n) is 6.61. The maximum atomic E-state index is 8.73. The van der Waals surface area contributed by atoms with Gasteiger partial charge in [0.2, 0.25) is 0 Å². The molecule has 1 N–H and O–H groups in total. The molecule has 0 aliphatic carbocycles. The Labute approximate surface area is 113 Å². The van der Waals surface area contributed by atoms with E-state index >= 15 is 0 Å². The Morgan fingerprint density at radius 1 is 1.00 bits per heavy atom. The van der Waals surface area contributed by atoms with Gasteiger partial charge in [-0.2, -0.15) is 0 Å². The smallest absolute Gasteiger partial charge is 0.138 e. The van der Waals surface area contributed by atoms with E-state index in [1.807, 2.05) is 42.5 Å². The third-order valence-corrected chi connectivity index (χ3v) is 2.89. The SMILES string of the molecule is OCCCCc1ccc(OCc2ccccc2)cn1. The molecule has 1 aromatic heterocycles. The second kappa shape index (κ2) is 7.54. The minimum Gasteiger partial charge on any atom is -0.487 e. The number of rotatable bonds is 7. The molecule has 1 heterocycles. The summed E-state index contributed by atoms with van der Waals surface area (Å²) >= 11 is 0. The molecule has 0 fully saturated rings. The molecule has 0 radical (unpaired) electrons. The van der Waals surface area contributed by atoms with E-state index in [1.165, 1.54) is 0 Å². The van der Waals surface area contributed by atoms with Crippen molar-refractivity contribution in [3.05, 3.63) is 59.9 Å². The summed E-state index contributed by atoms with van der Waals surface area (Å²) in [5.74, 6) is 0.787. The number of hydrogen-bond donors (Lipinski definition) is 1. The number of hydrogen-bond acceptors (Lipinski definition) is 3. The van der Waals surface area contributed by atoms with Gasteiger partial charge in [-0.15, -0.1) is 0 Å². The Bertz CT molecular complexity index is 468. The van der Waals surface area contributed by atoms with Crippen LogP contribution in [0.4, 0.5) is 0 Å². The van der Waals surface area contributed by atoms with E-state index in [2.05, 4.69) is 4.98 Å². The molecule has 0 aliphatic rings. The zero-order valence-corrected chi connectivity index (χ0v) is 11.0. The molecule has 0 bridgehead atoms. The van der Waals surface area contributed by atoms with E-state index in [0.29, 0.717) is 6.61 Å². The Balaban J connectivity index is 1.81. The van der Waals surface area contributed by atoms with Crippen LogP contribution in [0.3, 0.4) is 0 Å². The molecule has 0 aliphatic heterocycles. The number of pyridine rings is 1. The van der Waals surface area contributed by atoms with Crippen molar-refractivity contribution in [1.82, 2.24) is 4.98 Å². The lowest BCUT2D eigenvalue weighted by molar-refractivity contribution is 0.284. The lowest BCUT2D eigenvalue weighted by Crippen LogP contribution is -1.97. The largest absolute Gasteiger partial charge is 0.487 e. The van der Waals surface area contributed by atoms with Crippen LogP contribution in [-0.2, 0) is 13.0 Å². The molecular formula is C16H19NO2. The highest BCUT2D eigenvalue weighted by atomic mass is 16.5. The summed E-state index contributed by atoms with van der Waals surface area (Å²) in [6, 6.07) is 14.0. The maximum Gasteiger partial charge on any atom is 0.138 e. The highest BCUT2D eigenvalue weighted by Crippen LogP contribution is 2.13. The van der Waals surface area contributed by atoms with Crippen molar-refractivity contribution >= 4 is 0 Å². The van der Waals surface area contributed by atoms with Crippen molar-refractivity contribution in [2.24, 2.45) is 0 Å². The lowest BCUT2D eigenvalue weighted by atomic mass is 10.2. The standard InChI is InChI=1S/C16H19NO2/c18-11-5-4-8-15-9-10-16(12-17-15)19-13-14-6-2-1-3-7-14/h1-3,6-7,9-10,12,18H,4-5,8,11,13H2. The molecule has 0 unspecified atom stereocenters. The van der Waals surface area contributed by atoms with Gasteiger partial charge in [-0.1, -0.05) is 30.3 Å². The molecule has 3 nitrogen and oxygen atoms in total. The molecule has 0 saturated heterocycles. The predicted octanol–water partition coefficient (Wildman–Crippen LogP) is 2.98. The van der Waals surface area contributed by atoms with Gasteiger partial charge in [-0.25, -0.2) is 0 Å². The predicted molar refractivity (Wildman–Crippen MR) is 75.0 cm³/mol. The van der Waals surface area contributed by atoms with Gasteiger partial charge in [0.15, 0.2) is 0 Å². The number of benzene rings is 1. The molecular weight excluding hydrogens is 238 g/mol. The number of nitrogens with zero attached hydrogens (tertiary/aromatic N) is 1. The van der Waals surface area contributed by atoms with Crippen molar-refractivity contribution in [3.8, 4) is 5.75 Å². The van der Waals surface area contributed by atoms with Crippen LogP contribution >= 0.6 is 0 Å². The van der Waals surface area contributed by atoms with Crippen LogP contribution in [0.1, 0.15) is 24.1 Å². The quantitative estimate of drug-likeness (QED) is 0.775. The van der Waals surface area contributed by atoms with Crippen LogP contribution in [0.5, 0.6) is 5.75 Å². The average molecular weight is 257 g/mol. The second-order valence-corrected chi connectivity index (χ2v) is 4.44. The number of aliphatic hydroxyl groups excluding tert-OH is 1. The van der Waals surface area contributed by atoms with E-state index in [0.717, 1.165) is 36.3 Å². The van der Waals surface area contributed by atoms with Gasteiger partial charge in [-0.3, -0.25) is 4.98 Å². The van der Waals surface area contributed by atoms with E-state index < -0.39 is 0 Å². The number of aliphatic hydroxyl groups is 1. The highest BCUT2D eigenvalue weighted by Gasteiger charge is 1.98. The van der Waals surface area contributed by atoms with Crippen molar-refractivity contribution in [2.45, 2.75) is 25.9 Å². The van der Waals surface area contributed by atoms with Crippen molar-refractivity contribution in [2.75, 3.05) is 6.61 Å². The van der Waals surface area contributed by atoms with Crippen molar-refractivity contribution in [1.29, 1.82) is 0 Å². The summed E-state index contributed by atoms with van der Waals surface area (Å²) in [5, 5.41) is 8.73. The Morgan fingerprint density at radius 3 is 2.53 bits per heavy atom. The van der Waals surface area contributed by atoms with Crippen LogP contribution in [0.25, 0.3) is 0 Å². The fourth-order valence-electron chi connectivity index (χ4n) is 1.80. The van der Waals surface area contributed by atoms with E-state index in [4.69, 9.17) is 9.84 Å². The minimum atomic E-state index is 0.248. The number of aryl methyl sites for hydroxylation is 1. The summed E-state index contributed by atoms with van der Waals surface area (Å²) < 4.78 is 5.67. The number of ether oxygens (including phenoxy) is 1. The lowest BCUT2D eigenvalue weighted by Gasteiger charge is -2.06. The highest BCUT2D eigenvalue weighted by molar-refractivity contribution is 5.21. The van der Waals surface area contributed by atoms with Crippen molar-refractivity contribution < 1.29 is 9.84 Å². The number of unbranched alkanes of at least 4 members (excludes halogenated alkanes) is 1. The Morgan fingerprint density at radius 2 is 1.84 bits per heavy atom. The number of aromatic nitrogens is 1. The van der Waals surface area contributed by atoms with Crippen LogP contribution in [0.2, 0.25) is 0 Å². The summed E-state index contributed by atoms with van der Waals surface area (Å²) in [6.45, 7) is 0.810. The van der Waals surface area contributed by atoms with Gasteiger partial charge >= 0.3 is 0 Å². The van der Waals surface area contributed by atoms with Gasteiger partial charge < -0.3 is 9.84 Å². The summed E-state index contributed by atoms with van der Waals surface area (Å²) in [5.41, 5.74) is 2.19. The maximum absolute atomic E-state index is 8.73. The first-order chi connectivity index (χ1) is 9.38. The Hall–Kier alpha value is -1.87. The van der Waals surface area contributed by atoms with Gasteiger partial charge in [0.1, 0.15) is 12.4 Å². The summed E-state index contributed by atoms with van der Waals surface area (Å²) in [4.78, 5) is 4.36. The average Bonchev–Trinajstić information content (AvgIpc) is 2.48. The summed E-state index contributed by atoms with van der Waals surface area (Å²) in [7, 11) is 0. The monoisotopic (exact) mass is 257 g/mol. The van der Waals surface area contributed by atoms with Gasteiger partial charge in [0, 0.05) is 12.3 Å². The van der Waals surface area contributed by atoms with Crippen LogP contribution in [0.15, 0.2) is 48.7 Å². The Kier molecular flexibility index (Phi) is 5.38. The van der Waals surface area contributed by atoms with Crippen molar-refractivity contribution in [3.63, 3.8) is 0 Å². The molecule has 0 amide bonds. The third-order valence-electron chi connectivity index (χ3n) is 2.89. The second-order valence-electron chi connectivity index (χ2n) is 4.44.